The van der Waals surface area contributed by atoms with E-state index in [-0.39, 0.29) is 5.41 Å². The van der Waals surface area contributed by atoms with E-state index < -0.39 is 11.4 Å². The minimum absolute atomic E-state index is 0.215. The molecule has 1 N–H and O–H groups in total. The first-order valence-corrected chi connectivity index (χ1v) is 8.07. The molecule has 0 saturated carbocycles. The smallest absolute Gasteiger partial charge is 0.309 e. The van der Waals surface area contributed by atoms with Crippen molar-refractivity contribution in [2.45, 2.75) is 52.5 Å². The first-order chi connectivity index (χ1) is 9.21. The van der Waals surface area contributed by atoms with Gasteiger partial charge in [0.15, 0.2) is 0 Å². The molecule has 0 aromatic carbocycles. The van der Waals surface area contributed by atoms with Crippen LogP contribution in [0.1, 0.15) is 50.3 Å². The molecule has 1 aromatic heterocycles. The summed E-state index contributed by atoms with van der Waals surface area (Å²) in [4.78, 5) is 16.4. The zero-order valence-corrected chi connectivity index (χ0v) is 13.7. The number of thiophene rings is 1. The van der Waals surface area contributed by atoms with Gasteiger partial charge in [0, 0.05) is 16.3 Å². The number of carboxylic acids is 1. The van der Waals surface area contributed by atoms with E-state index in [4.69, 9.17) is 0 Å². The summed E-state index contributed by atoms with van der Waals surface area (Å²) in [6.45, 7) is 11.3. The maximum Gasteiger partial charge on any atom is 0.309 e. The number of nitrogens with zero attached hydrogens (tertiary/aromatic N) is 1. The van der Waals surface area contributed by atoms with Gasteiger partial charge in [-0.3, -0.25) is 9.69 Å². The fourth-order valence-electron chi connectivity index (χ4n) is 2.50. The molecule has 0 unspecified atom stereocenters. The highest BCUT2D eigenvalue weighted by Crippen LogP contribution is 2.33. The zero-order valence-electron chi connectivity index (χ0n) is 12.9. The number of carbonyl (C=O) groups is 1. The fourth-order valence-corrected chi connectivity index (χ4v) is 3.61. The molecule has 20 heavy (non-hydrogen) atoms. The maximum absolute atomic E-state index is 11.2. The highest BCUT2D eigenvalue weighted by atomic mass is 32.1. The molecule has 1 saturated heterocycles. The van der Waals surface area contributed by atoms with Gasteiger partial charge in [0.05, 0.1) is 5.41 Å². The van der Waals surface area contributed by atoms with Gasteiger partial charge in [0.2, 0.25) is 0 Å². The second-order valence-electron chi connectivity index (χ2n) is 7.16. The van der Waals surface area contributed by atoms with Gasteiger partial charge >= 0.3 is 5.97 Å². The molecule has 0 aliphatic carbocycles. The van der Waals surface area contributed by atoms with Crippen LogP contribution in [0.4, 0.5) is 0 Å². The lowest BCUT2D eigenvalue weighted by atomic mass is 9.80. The van der Waals surface area contributed by atoms with Crippen LogP contribution in [0.15, 0.2) is 12.1 Å². The van der Waals surface area contributed by atoms with Gasteiger partial charge in [-0.25, -0.2) is 0 Å². The van der Waals surface area contributed by atoms with Crippen LogP contribution in [-0.4, -0.2) is 29.1 Å². The Bertz CT molecular complexity index is 479. The van der Waals surface area contributed by atoms with E-state index in [0.29, 0.717) is 0 Å². The fraction of sp³-hybridized carbons (Fsp3) is 0.688. The van der Waals surface area contributed by atoms with Crippen molar-refractivity contribution >= 4 is 17.3 Å². The Hall–Kier alpha value is -0.870. The minimum Gasteiger partial charge on any atom is -0.481 e. The first-order valence-electron chi connectivity index (χ1n) is 7.26. The number of rotatable bonds is 3. The molecule has 1 aliphatic rings. The van der Waals surface area contributed by atoms with Crippen molar-refractivity contribution in [1.29, 1.82) is 0 Å². The van der Waals surface area contributed by atoms with Gasteiger partial charge in [-0.1, -0.05) is 20.8 Å². The third-order valence-electron chi connectivity index (χ3n) is 4.26. The van der Waals surface area contributed by atoms with E-state index in [1.54, 1.807) is 0 Å². The van der Waals surface area contributed by atoms with E-state index >= 15 is 0 Å². The third-order valence-corrected chi connectivity index (χ3v) is 5.75. The summed E-state index contributed by atoms with van der Waals surface area (Å²) < 4.78 is 0. The molecule has 0 spiro atoms. The predicted octanol–water partition coefficient (Wildman–Crippen LogP) is 3.73. The molecule has 112 valence electrons. The number of hydrogen-bond donors (Lipinski definition) is 1. The number of carboxylic acid groups (broad SMARTS) is 1. The largest absolute Gasteiger partial charge is 0.481 e. The van der Waals surface area contributed by atoms with Crippen LogP contribution in [0.3, 0.4) is 0 Å². The summed E-state index contributed by atoms with van der Waals surface area (Å²) in [5.74, 6) is -0.650. The average molecular weight is 295 g/mol. The number of piperidine rings is 1. The van der Waals surface area contributed by atoms with Crippen LogP contribution in [0.2, 0.25) is 0 Å². The van der Waals surface area contributed by atoms with Crippen LogP contribution in [0.25, 0.3) is 0 Å². The van der Waals surface area contributed by atoms with Crippen LogP contribution >= 0.6 is 11.3 Å². The van der Waals surface area contributed by atoms with Crippen LogP contribution in [0.5, 0.6) is 0 Å². The number of likely N-dealkylation sites (tertiary alicyclic amines) is 1. The van der Waals surface area contributed by atoms with E-state index in [1.165, 1.54) is 9.75 Å². The van der Waals surface area contributed by atoms with Crippen LogP contribution in [-0.2, 0) is 16.8 Å². The molecule has 4 heteroatoms. The van der Waals surface area contributed by atoms with Crippen molar-refractivity contribution in [3.05, 3.63) is 21.9 Å². The molecule has 2 heterocycles. The Kier molecular flexibility index (Phi) is 4.26. The monoisotopic (exact) mass is 295 g/mol. The Balaban J connectivity index is 1.93. The maximum atomic E-state index is 11.2. The standard InChI is InChI=1S/C16H25NO2S/c1-15(2,3)13-6-5-12(20-13)11-17-9-7-16(4,8-10-17)14(18)19/h5-6H,7-11H2,1-4H3,(H,18,19). The SMILES string of the molecule is CC1(C(=O)O)CCN(Cc2ccc(C(C)(C)C)s2)CC1. The second-order valence-corrected chi connectivity index (χ2v) is 8.33. The van der Waals surface area contributed by atoms with Crippen molar-refractivity contribution in [1.82, 2.24) is 4.90 Å². The van der Waals surface area contributed by atoms with Gasteiger partial charge in [-0.15, -0.1) is 11.3 Å². The molecule has 0 amide bonds. The highest BCUT2D eigenvalue weighted by Gasteiger charge is 2.36. The molecule has 0 bridgehead atoms. The third kappa shape index (κ3) is 3.41. The van der Waals surface area contributed by atoms with E-state index in [2.05, 4.69) is 37.8 Å². The number of aliphatic carboxylic acids is 1. The molecule has 3 nitrogen and oxygen atoms in total. The van der Waals surface area contributed by atoms with Gasteiger partial charge in [-0.05, 0) is 50.4 Å². The Morgan fingerprint density at radius 1 is 1.35 bits per heavy atom. The molecule has 1 fully saturated rings. The van der Waals surface area contributed by atoms with E-state index in [1.807, 2.05) is 18.3 Å². The summed E-state index contributed by atoms with van der Waals surface area (Å²) in [6, 6.07) is 4.45. The summed E-state index contributed by atoms with van der Waals surface area (Å²) >= 11 is 1.88. The summed E-state index contributed by atoms with van der Waals surface area (Å²) in [7, 11) is 0. The van der Waals surface area contributed by atoms with Crippen molar-refractivity contribution in [3.63, 3.8) is 0 Å². The summed E-state index contributed by atoms with van der Waals surface area (Å²) in [5.41, 5.74) is -0.310. The lowest BCUT2D eigenvalue weighted by Crippen LogP contribution is -2.42. The Labute approximate surface area is 125 Å². The first kappa shape index (κ1) is 15.5. The predicted molar refractivity (Wildman–Crippen MR) is 83.3 cm³/mol. The quantitative estimate of drug-likeness (QED) is 0.923. The van der Waals surface area contributed by atoms with Crippen LogP contribution in [0, 0.1) is 5.41 Å². The van der Waals surface area contributed by atoms with Crippen molar-refractivity contribution in [3.8, 4) is 0 Å². The summed E-state index contributed by atoms with van der Waals surface area (Å²) in [5, 5.41) is 9.25. The second kappa shape index (κ2) is 5.49. The normalized spacial score (nSPS) is 20.0. The van der Waals surface area contributed by atoms with Crippen molar-refractivity contribution in [2.24, 2.45) is 5.41 Å². The molecule has 0 atom stereocenters. The number of hydrogen-bond acceptors (Lipinski definition) is 3. The lowest BCUT2D eigenvalue weighted by Gasteiger charge is -2.36. The van der Waals surface area contributed by atoms with Gasteiger partial charge < -0.3 is 5.11 Å². The van der Waals surface area contributed by atoms with Gasteiger partial charge in [-0.2, -0.15) is 0 Å². The molecule has 1 aromatic rings. The zero-order chi connectivity index (χ0) is 15.0. The van der Waals surface area contributed by atoms with Crippen LogP contribution < -0.4 is 0 Å². The minimum atomic E-state index is -0.650. The van der Waals surface area contributed by atoms with Gasteiger partial charge in [0.25, 0.3) is 0 Å². The van der Waals surface area contributed by atoms with E-state index in [9.17, 15) is 9.90 Å². The topological polar surface area (TPSA) is 40.5 Å². The molecular formula is C16H25NO2S. The highest BCUT2D eigenvalue weighted by molar-refractivity contribution is 7.12. The molecule has 0 radical (unpaired) electrons. The Morgan fingerprint density at radius 2 is 1.95 bits per heavy atom. The lowest BCUT2D eigenvalue weighted by molar-refractivity contribution is -0.150. The van der Waals surface area contributed by atoms with Crippen molar-refractivity contribution in [2.75, 3.05) is 13.1 Å². The molecule has 2 rings (SSSR count). The Morgan fingerprint density at radius 3 is 2.40 bits per heavy atom. The average Bonchev–Trinajstić information content (AvgIpc) is 2.80. The van der Waals surface area contributed by atoms with Gasteiger partial charge in [0.1, 0.15) is 0 Å². The molecule has 1 aliphatic heterocycles. The van der Waals surface area contributed by atoms with Crippen molar-refractivity contribution < 1.29 is 9.90 Å². The van der Waals surface area contributed by atoms with E-state index in [0.717, 1.165) is 32.5 Å². The molecular weight excluding hydrogens is 270 g/mol. The summed E-state index contributed by atoms with van der Waals surface area (Å²) in [6.07, 6.45) is 1.50.